The van der Waals surface area contributed by atoms with Crippen LogP contribution in [0.1, 0.15) is 35.2 Å². The van der Waals surface area contributed by atoms with Crippen molar-refractivity contribution in [3.05, 3.63) is 58.9 Å². The first-order valence-electron chi connectivity index (χ1n) is 10.4. The first-order valence-corrected chi connectivity index (χ1v) is 10.8. The van der Waals surface area contributed by atoms with E-state index in [9.17, 15) is 13.6 Å². The molecule has 168 valence electrons. The Balaban J connectivity index is 1.81. The summed E-state index contributed by atoms with van der Waals surface area (Å²) < 4.78 is 29.7. The minimum atomic E-state index is -2.73. The first-order chi connectivity index (χ1) is 15.2. The van der Waals surface area contributed by atoms with E-state index in [0.717, 1.165) is 0 Å². The lowest BCUT2D eigenvalue weighted by Gasteiger charge is -2.26. The second kappa shape index (κ2) is 8.86. The van der Waals surface area contributed by atoms with E-state index in [1.54, 1.807) is 48.1 Å². The predicted octanol–water partition coefficient (Wildman–Crippen LogP) is 5.32. The highest BCUT2D eigenvalue weighted by atomic mass is 35.5. The van der Waals surface area contributed by atoms with E-state index in [2.05, 4.69) is 10.4 Å². The monoisotopic (exact) mass is 459 g/mol. The lowest BCUT2D eigenvalue weighted by atomic mass is 10.0. The maximum Gasteiger partial charge on any atom is 0.259 e. The summed E-state index contributed by atoms with van der Waals surface area (Å²) in [5.41, 5.74) is 2.62. The second-order valence-corrected chi connectivity index (χ2v) is 8.40. The third-order valence-electron chi connectivity index (χ3n) is 5.61. The molecule has 1 saturated heterocycles. The number of rotatable bonds is 4. The number of carbonyl (C=O) groups excluding carboxylic acids is 1. The Morgan fingerprint density at radius 3 is 2.62 bits per heavy atom. The molecule has 1 fully saturated rings. The van der Waals surface area contributed by atoms with Crippen LogP contribution < -0.4 is 10.2 Å². The fourth-order valence-corrected chi connectivity index (χ4v) is 4.14. The molecule has 9 heteroatoms. The number of aromatic nitrogens is 3. The number of carbonyl (C=O) groups is 1. The van der Waals surface area contributed by atoms with E-state index < -0.39 is 5.92 Å². The van der Waals surface area contributed by atoms with Crippen molar-refractivity contribution in [1.29, 1.82) is 0 Å². The van der Waals surface area contributed by atoms with Crippen LogP contribution >= 0.6 is 11.6 Å². The molecule has 1 N–H and O–H groups in total. The van der Waals surface area contributed by atoms with Gasteiger partial charge in [0.05, 0.1) is 22.5 Å². The summed E-state index contributed by atoms with van der Waals surface area (Å²) in [7, 11) is 1.78. The number of benzene rings is 1. The smallest absolute Gasteiger partial charge is 0.259 e. The van der Waals surface area contributed by atoms with Crippen LogP contribution in [0, 0.1) is 6.92 Å². The Bertz CT molecular complexity index is 1130. The molecule has 0 radical (unpaired) electrons. The van der Waals surface area contributed by atoms with Gasteiger partial charge in [0.15, 0.2) is 0 Å². The van der Waals surface area contributed by atoms with E-state index in [4.69, 9.17) is 16.6 Å². The van der Waals surface area contributed by atoms with Crippen LogP contribution in [0.25, 0.3) is 11.3 Å². The van der Waals surface area contributed by atoms with Gasteiger partial charge in [0.25, 0.3) is 5.91 Å². The fraction of sp³-hybridized carbons (Fsp3) is 0.348. The molecule has 1 amide bonds. The number of halogens is 3. The zero-order valence-corrected chi connectivity index (χ0v) is 18.7. The first kappa shape index (κ1) is 22.2. The molecule has 1 aromatic carbocycles. The number of amides is 1. The largest absolute Gasteiger partial charge is 0.356 e. The number of nitrogens with one attached hydrogen (secondary N) is 1. The van der Waals surface area contributed by atoms with Crippen LogP contribution in [-0.2, 0) is 7.05 Å². The number of alkyl halides is 2. The van der Waals surface area contributed by atoms with Crippen LogP contribution in [0.4, 0.5) is 20.3 Å². The van der Waals surface area contributed by atoms with Crippen LogP contribution in [0.5, 0.6) is 0 Å². The minimum Gasteiger partial charge on any atom is -0.356 e. The number of hydrogen-bond donors (Lipinski definition) is 1. The van der Waals surface area contributed by atoms with E-state index in [1.807, 2.05) is 18.2 Å². The fourth-order valence-electron chi connectivity index (χ4n) is 3.89. The van der Waals surface area contributed by atoms with Gasteiger partial charge in [0.1, 0.15) is 5.82 Å². The molecular formula is C23H24ClF2N5O. The average molecular weight is 460 g/mol. The number of para-hydroxylation sites is 1. The molecule has 4 rings (SSSR count). The van der Waals surface area contributed by atoms with Gasteiger partial charge in [-0.3, -0.25) is 9.48 Å². The zero-order valence-electron chi connectivity index (χ0n) is 17.9. The highest BCUT2D eigenvalue weighted by Gasteiger charge is 2.34. The summed E-state index contributed by atoms with van der Waals surface area (Å²) in [4.78, 5) is 19.8. The molecule has 0 spiro atoms. The summed E-state index contributed by atoms with van der Waals surface area (Å²) in [6.45, 7) is 2.22. The summed E-state index contributed by atoms with van der Waals surface area (Å²) in [5, 5.41) is 7.38. The quantitative estimate of drug-likeness (QED) is 0.573. The second-order valence-electron chi connectivity index (χ2n) is 8.02. The number of anilines is 2. The van der Waals surface area contributed by atoms with Crippen LogP contribution in [0.3, 0.4) is 0 Å². The maximum absolute atomic E-state index is 14.0. The van der Waals surface area contributed by atoms with Crippen LogP contribution in [0.2, 0.25) is 5.02 Å². The summed E-state index contributed by atoms with van der Waals surface area (Å²) in [5.74, 6) is -2.75. The highest BCUT2D eigenvalue weighted by Crippen LogP contribution is 2.37. The molecule has 1 aliphatic rings. The lowest BCUT2D eigenvalue weighted by Crippen LogP contribution is -2.30. The van der Waals surface area contributed by atoms with Crippen molar-refractivity contribution in [2.75, 3.05) is 23.3 Å². The number of pyridine rings is 1. The van der Waals surface area contributed by atoms with Gasteiger partial charge in [-0.1, -0.05) is 29.8 Å². The Labute approximate surface area is 190 Å². The lowest BCUT2D eigenvalue weighted by molar-refractivity contribution is -0.0102. The van der Waals surface area contributed by atoms with Gasteiger partial charge in [0.2, 0.25) is 5.92 Å². The van der Waals surface area contributed by atoms with Gasteiger partial charge < -0.3 is 10.2 Å². The average Bonchev–Trinajstić information content (AvgIpc) is 3.10. The third-order valence-corrected chi connectivity index (χ3v) is 6.07. The van der Waals surface area contributed by atoms with Crippen molar-refractivity contribution in [1.82, 2.24) is 14.8 Å². The van der Waals surface area contributed by atoms with Crippen LogP contribution in [0.15, 0.2) is 42.7 Å². The molecule has 3 heterocycles. The summed E-state index contributed by atoms with van der Waals surface area (Å²) in [6.07, 6.45) is 3.24. The molecule has 0 bridgehead atoms. The zero-order chi connectivity index (χ0) is 22.9. The van der Waals surface area contributed by atoms with E-state index >= 15 is 0 Å². The van der Waals surface area contributed by atoms with Crippen molar-refractivity contribution >= 4 is 29.0 Å². The Hall–Kier alpha value is -3.00. The van der Waals surface area contributed by atoms with Gasteiger partial charge in [0, 0.05) is 50.4 Å². The predicted molar refractivity (Wildman–Crippen MR) is 122 cm³/mol. The molecule has 3 aromatic rings. The SMILES string of the molecule is Cc1c(Cl)c(-c2cnn(C)c2)nc(N2CCCC(F)(F)CC2)c1C(=O)Nc1ccccc1. The molecule has 1 aliphatic heterocycles. The van der Waals surface area contributed by atoms with Crippen molar-refractivity contribution < 1.29 is 13.6 Å². The van der Waals surface area contributed by atoms with E-state index in [0.29, 0.717) is 46.3 Å². The highest BCUT2D eigenvalue weighted by molar-refractivity contribution is 6.34. The summed E-state index contributed by atoms with van der Waals surface area (Å²) >= 11 is 6.66. The number of hydrogen-bond acceptors (Lipinski definition) is 4. The Kier molecular flexibility index (Phi) is 6.15. The van der Waals surface area contributed by atoms with Gasteiger partial charge >= 0.3 is 0 Å². The van der Waals surface area contributed by atoms with Crippen molar-refractivity contribution in [3.63, 3.8) is 0 Å². The van der Waals surface area contributed by atoms with Crippen molar-refractivity contribution in [2.24, 2.45) is 7.05 Å². The molecule has 0 unspecified atom stereocenters. The molecular weight excluding hydrogens is 436 g/mol. The van der Waals surface area contributed by atoms with E-state index in [-0.39, 0.29) is 30.9 Å². The number of aryl methyl sites for hydroxylation is 1. The van der Waals surface area contributed by atoms with Crippen molar-refractivity contribution in [2.45, 2.75) is 32.1 Å². The topological polar surface area (TPSA) is 63.1 Å². The molecule has 0 aliphatic carbocycles. The molecule has 2 aromatic heterocycles. The Morgan fingerprint density at radius 1 is 1.19 bits per heavy atom. The normalized spacial score (nSPS) is 16.0. The molecule has 0 atom stereocenters. The van der Waals surface area contributed by atoms with Gasteiger partial charge in [-0.05, 0) is 31.0 Å². The van der Waals surface area contributed by atoms with E-state index in [1.165, 1.54) is 0 Å². The molecule has 0 saturated carbocycles. The minimum absolute atomic E-state index is 0.0964. The van der Waals surface area contributed by atoms with Gasteiger partial charge in [-0.15, -0.1) is 0 Å². The van der Waals surface area contributed by atoms with Crippen LogP contribution in [-0.4, -0.2) is 39.7 Å². The summed E-state index contributed by atoms with van der Waals surface area (Å²) in [6, 6.07) is 9.04. The van der Waals surface area contributed by atoms with Gasteiger partial charge in [-0.2, -0.15) is 5.10 Å². The maximum atomic E-state index is 14.0. The standard InChI is InChI=1S/C23H24ClF2N5O/c1-15-18(22(32)28-17-7-4-3-5-8-17)21(31-11-6-9-23(25,26)10-12-31)29-20(19(15)24)16-13-27-30(2)14-16/h3-5,7-8,13-14H,6,9-12H2,1-2H3,(H,28,32). The third kappa shape index (κ3) is 4.60. The number of nitrogens with zero attached hydrogens (tertiary/aromatic N) is 4. The van der Waals surface area contributed by atoms with Crippen molar-refractivity contribution in [3.8, 4) is 11.3 Å². The molecule has 32 heavy (non-hydrogen) atoms. The Morgan fingerprint density at radius 2 is 1.94 bits per heavy atom. The molecule has 6 nitrogen and oxygen atoms in total. The van der Waals surface area contributed by atoms with Gasteiger partial charge in [-0.25, -0.2) is 13.8 Å².